The van der Waals surface area contributed by atoms with Crippen molar-refractivity contribution in [3.63, 3.8) is 0 Å². The predicted octanol–water partition coefficient (Wildman–Crippen LogP) is 3.55. The van der Waals surface area contributed by atoms with Crippen LogP contribution in [0.25, 0.3) is 0 Å². The van der Waals surface area contributed by atoms with Crippen LogP contribution in [0.4, 0.5) is 22.7 Å². The first-order chi connectivity index (χ1) is 8.61. The molecule has 0 aromatic heterocycles. The number of hydrogen-bond acceptors (Lipinski definition) is 4. The minimum Gasteiger partial charge on any atom is -0.275 e. The first kappa shape index (κ1) is 12.0. The topological polar surface area (TPSA) is 58.5 Å². The zero-order valence-corrected chi connectivity index (χ0v) is 12.4. The van der Waals surface area contributed by atoms with Gasteiger partial charge >= 0.3 is 0 Å². The van der Waals surface area contributed by atoms with Gasteiger partial charge < -0.3 is 0 Å². The average molecular weight is 370 g/mol. The number of hydrazine groups is 2. The molecule has 2 aromatic carbocycles. The van der Waals surface area contributed by atoms with Crippen molar-refractivity contribution in [1.82, 2.24) is 0 Å². The summed E-state index contributed by atoms with van der Waals surface area (Å²) in [5, 5.41) is 3.29. The van der Waals surface area contributed by atoms with Crippen LogP contribution < -0.4 is 21.7 Å². The summed E-state index contributed by atoms with van der Waals surface area (Å²) >= 11 is 7.01. The largest absolute Gasteiger partial charge is 0.275 e. The van der Waals surface area contributed by atoms with E-state index in [2.05, 4.69) is 31.9 Å². The van der Waals surface area contributed by atoms with Crippen molar-refractivity contribution in [3.05, 3.63) is 45.3 Å². The maximum absolute atomic E-state index is 6.19. The van der Waals surface area contributed by atoms with Gasteiger partial charge in [-0.2, -0.15) is 0 Å². The summed E-state index contributed by atoms with van der Waals surface area (Å²) in [5.74, 6) is 12.3. The molecule has 1 aliphatic rings. The van der Waals surface area contributed by atoms with Gasteiger partial charge in [-0.3, -0.25) is 10.0 Å². The number of nitrogens with zero attached hydrogens (tertiary/aromatic N) is 2. The highest BCUT2D eigenvalue weighted by Gasteiger charge is 2.27. The number of halogens is 2. The molecular formula is C12H10Br2N4. The molecule has 0 radical (unpaired) electrons. The second-order valence-corrected chi connectivity index (χ2v) is 5.61. The van der Waals surface area contributed by atoms with E-state index in [1.807, 2.05) is 36.4 Å². The second-order valence-electron chi connectivity index (χ2n) is 3.96. The molecule has 92 valence electrons. The van der Waals surface area contributed by atoms with Crippen LogP contribution in [-0.2, 0) is 0 Å². The molecule has 18 heavy (non-hydrogen) atoms. The molecule has 4 N–H and O–H groups in total. The maximum Gasteiger partial charge on any atom is 0.0981 e. The lowest BCUT2D eigenvalue weighted by Crippen LogP contribution is -2.37. The first-order valence-corrected chi connectivity index (χ1v) is 6.86. The first-order valence-electron chi connectivity index (χ1n) is 5.28. The Balaban J connectivity index is 2.30. The van der Waals surface area contributed by atoms with Gasteiger partial charge in [-0.1, -0.05) is 12.1 Å². The molecule has 2 aromatic rings. The molecule has 0 bridgehead atoms. The number of benzene rings is 2. The van der Waals surface area contributed by atoms with Crippen LogP contribution in [0.5, 0.6) is 0 Å². The molecule has 0 aliphatic carbocycles. The summed E-state index contributed by atoms with van der Waals surface area (Å²) in [4.78, 5) is 0. The molecule has 3 rings (SSSR count). The third kappa shape index (κ3) is 1.57. The highest BCUT2D eigenvalue weighted by molar-refractivity contribution is 9.13. The minimum atomic E-state index is 0.838. The molecule has 4 nitrogen and oxygen atoms in total. The van der Waals surface area contributed by atoms with Crippen molar-refractivity contribution in [2.75, 3.05) is 10.0 Å². The Morgan fingerprint density at radius 3 is 2.06 bits per heavy atom. The second kappa shape index (κ2) is 4.24. The third-order valence-corrected chi connectivity index (χ3v) is 4.94. The fourth-order valence-electron chi connectivity index (χ4n) is 2.08. The van der Waals surface area contributed by atoms with Gasteiger partial charge in [0.2, 0.25) is 0 Å². The fourth-order valence-corrected chi connectivity index (χ4v) is 2.92. The molecule has 0 saturated heterocycles. The van der Waals surface area contributed by atoms with Gasteiger partial charge in [0.15, 0.2) is 0 Å². The zero-order valence-electron chi connectivity index (χ0n) is 9.27. The lowest BCUT2D eigenvalue weighted by molar-refractivity contribution is 0.985. The third-order valence-electron chi connectivity index (χ3n) is 2.95. The lowest BCUT2D eigenvalue weighted by Gasteiger charge is -2.36. The monoisotopic (exact) mass is 368 g/mol. The number of hydrogen-bond donors (Lipinski definition) is 2. The molecule has 6 heteroatoms. The van der Waals surface area contributed by atoms with E-state index < -0.39 is 0 Å². The van der Waals surface area contributed by atoms with E-state index in [4.69, 9.17) is 11.7 Å². The Labute approximate surface area is 121 Å². The van der Waals surface area contributed by atoms with E-state index in [-0.39, 0.29) is 0 Å². The van der Waals surface area contributed by atoms with E-state index >= 15 is 0 Å². The molecule has 0 atom stereocenters. The van der Waals surface area contributed by atoms with Crippen LogP contribution >= 0.6 is 31.9 Å². The maximum atomic E-state index is 6.19. The molecule has 0 fully saturated rings. The fraction of sp³-hybridized carbons (Fsp3) is 0. The highest BCUT2D eigenvalue weighted by Crippen LogP contribution is 2.49. The minimum absolute atomic E-state index is 0.838. The number of rotatable bonds is 0. The van der Waals surface area contributed by atoms with Crippen molar-refractivity contribution >= 4 is 54.6 Å². The molecule has 0 saturated carbocycles. The molecule has 0 amide bonds. The van der Waals surface area contributed by atoms with Gasteiger partial charge in [-0.05, 0) is 56.1 Å². The van der Waals surface area contributed by atoms with Crippen LogP contribution in [0.1, 0.15) is 0 Å². The van der Waals surface area contributed by atoms with Crippen LogP contribution in [0.3, 0.4) is 0 Å². The SMILES string of the molecule is NN1c2ccccc2N(N)c2c1ccc(Br)c2Br. The van der Waals surface area contributed by atoms with Gasteiger partial charge in [-0.15, -0.1) is 0 Å². The number of anilines is 4. The van der Waals surface area contributed by atoms with Crippen LogP contribution in [0.2, 0.25) is 0 Å². The Morgan fingerprint density at radius 2 is 1.39 bits per heavy atom. The van der Waals surface area contributed by atoms with Crippen LogP contribution in [0, 0.1) is 0 Å². The van der Waals surface area contributed by atoms with Crippen LogP contribution in [-0.4, -0.2) is 0 Å². The average Bonchev–Trinajstić information content (AvgIpc) is 2.39. The van der Waals surface area contributed by atoms with Crippen molar-refractivity contribution in [1.29, 1.82) is 0 Å². The van der Waals surface area contributed by atoms with Gasteiger partial charge in [0, 0.05) is 4.47 Å². The van der Waals surface area contributed by atoms with Gasteiger partial charge in [0.1, 0.15) is 0 Å². The van der Waals surface area contributed by atoms with E-state index in [9.17, 15) is 0 Å². The summed E-state index contributed by atoms with van der Waals surface area (Å²) in [6, 6.07) is 11.6. The smallest absolute Gasteiger partial charge is 0.0981 e. The van der Waals surface area contributed by atoms with Crippen LogP contribution in [0.15, 0.2) is 45.3 Å². The Bertz CT molecular complexity index is 629. The molecule has 0 spiro atoms. The molecular weight excluding hydrogens is 360 g/mol. The Kier molecular flexibility index (Phi) is 2.82. The highest BCUT2D eigenvalue weighted by atomic mass is 79.9. The number of nitrogens with two attached hydrogens (primary N) is 2. The molecule has 0 unspecified atom stereocenters. The molecule has 1 aliphatic heterocycles. The van der Waals surface area contributed by atoms with E-state index in [0.29, 0.717) is 0 Å². The Morgan fingerprint density at radius 1 is 0.778 bits per heavy atom. The zero-order chi connectivity index (χ0) is 12.9. The summed E-state index contributed by atoms with van der Waals surface area (Å²) in [7, 11) is 0. The summed E-state index contributed by atoms with van der Waals surface area (Å²) < 4.78 is 1.82. The van der Waals surface area contributed by atoms with Gasteiger partial charge in [0.25, 0.3) is 0 Å². The molecule has 1 heterocycles. The lowest BCUT2D eigenvalue weighted by atomic mass is 10.1. The summed E-state index contributed by atoms with van der Waals surface area (Å²) in [6.07, 6.45) is 0. The van der Waals surface area contributed by atoms with E-state index in [1.54, 1.807) is 10.0 Å². The predicted molar refractivity (Wildman–Crippen MR) is 80.9 cm³/mol. The van der Waals surface area contributed by atoms with Crippen molar-refractivity contribution in [2.45, 2.75) is 0 Å². The summed E-state index contributed by atoms with van der Waals surface area (Å²) in [6.45, 7) is 0. The normalized spacial score (nSPS) is 13.3. The van der Waals surface area contributed by atoms with Crippen molar-refractivity contribution in [2.24, 2.45) is 11.7 Å². The quantitative estimate of drug-likeness (QED) is 0.697. The number of fused-ring (bicyclic) bond motifs is 2. The van der Waals surface area contributed by atoms with Crippen molar-refractivity contribution < 1.29 is 0 Å². The standard InChI is InChI=1S/C12H10Br2N4/c13-7-5-6-10-12(11(7)14)18(16)9-4-2-1-3-8(9)17(10)15/h1-6H,15-16H2. The van der Waals surface area contributed by atoms with E-state index in [1.165, 1.54) is 0 Å². The van der Waals surface area contributed by atoms with Crippen molar-refractivity contribution in [3.8, 4) is 0 Å². The van der Waals surface area contributed by atoms with E-state index in [0.717, 1.165) is 31.7 Å². The summed E-state index contributed by atoms with van der Waals surface area (Å²) in [5.41, 5.74) is 3.44. The van der Waals surface area contributed by atoms with Gasteiger partial charge in [0.05, 0.1) is 27.2 Å². The number of para-hydroxylation sites is 2. The van der Waals surface area contributed by atoms with Gasteiger partial charge in [-0.25, -0.2) is 11.7 Å². The Hall–Kier alpha value is -1.08.